The Balaban J connectivity index is 3.84. The van der Waals surface area contributed by atoms with E-state index in [2.05, 4.69) is 19.2 Å². The topological polar surface area (TPSA) is 75.6 Å². The van der Waals surface area contributed by atoms with Crippen LogP contribution in [0.4, 0.5) is 0 Å². The number of amides is 1. The molecule has 0 aliphatic heterocycles. The highest BCUT2D eigenvalue weighted by molar-refractivity contribution is 5.78. The summed E-state index contributed by atoms with van der Waals surface area (Å²) in [5.41, 5.74) is 0. The minimum Gasteiger partial charge on any atom is -0.481 e. The molecule has 0 aromatic carbocycles. The van der Waals surface area contributed by atoms with E-state index in [1.54, 1.807) is 13.8 Å². The Kier molecular flexibility index (Phi) is 8.39. The summed E-state index contributed by atoms with van der Waals surface area (Å²) in [5, 5.41) is 11.5. The number of carboxylic acid groups (broad SMARTS) is 1. The minimum atomic E-state index is -0.908. The van der Waals surface area contributed by atoms with Gasteiger partial charge in [-0.15, -0.1) is 0 Å². The fourth-order valence-corrected chi connectivity index (χ4v) is 1.75. The van der Waals surface area contributed by atoms with E-state index in [4.69, 9.17) is 9.84 Å². The van der Waals surface area contributed by atoms with Crippen molar-refractivity contribution >= 4 is 11.9 Å². The second-order valence-electron chi connectivity index (χ2n) is 5.54. The first-order valence-electron chi connectivity index (χ1n) is 6.87. The molecule has 0 rings (SSSR count). The van der Waals surface area contributed by atoms with Crippen LogP contribution in [0.2, 0.25) is 0 Å². The molecule has 0 radical (unpaired) electrons. The molecule has 5 nitrogen and oxygen atoms in total. The van der Waals surface area contributed by atoms with Gasteiger partial charge in [0.2, 0.25) is 5.91 Å². The SMILES string of the molecule is CC(C)CC(C)OCCC(=O)NC(C)C(C)C(=O)O. The normalized spacial score (nSPS) is 15.9. The fourth-order valence-electron chi connectivity index (χ4n) is 1.75. The summed E-state index contributed by atoms with van der Waals surface area (Å²) in [6.45, 7) is 9.89. The van der Waals surface area contributed by atoms with Gasteiger partial charge in [-0.2, -0.15) is 0 Å². The highest BCUT2D eigenvalue weighted by atomic mass is 16.5. The third kappa shape index (κ3) is 8.59. The molecule has 0 aliphatic carbocycles. The van der Waals surface area contributed by atoms with Gasteiger partial charge in [-0.3, -0.25) is 9.59 Å². The Hall–Kier alpha value is -1.10. The van der Waals surface area contributed by atoms with Gasteiger partial charge in [-0.1, -0.05) is 13.8 Å². The maximum atomic E-state index is 11.6. The van der Waals surface area contributed by atoms with Crippen LogP contribution in [0.1, 0.15) is 47.5 Å². The lowest BCUT2D eigenvalue weighted by Gasteiger charge is -2.18. The lowest BCUT2D eigenvalue weighted by molar-refractivity contribution is -0.142. The summed E-state index contributed by atoms with van der Waals surface area (Å²) in [6, 6.07) is -0.377. The second-order valence-corrected chi connectivity index (χ2v) is 5.54. The second kappa shape index (κ2) is 8.91. The molecule has 3 atom stereocenters. The summed E-state index contributed by atoms with van der Waals surface area (Å²) in [7, 11) is 0. The fraction of sp³-hybridized carbons (Fsp3) is 0.857. The van der Waals surface area contributed by atoms with Crippen molar-refractivity contribution in [1.82, 2.24) is 5.32 Å². The van der Waals surface area contributed by atoms with Gasteiger partial charge in [0.05, 0.1) is 18.6 Å². The highest BCUT2D eigenvalue weighted by Crippen LogP contribution is 2.08. The number of rotatable bonds is 9. The predicted molar refractivity (Wildman–Crippen MR) is 73.9 cm³/mol. The summed E-state index contributed by atoms with van der Waals surface area (Å²) >= 11 is 0. The van der Waals surface area contributed by atoms with Crippen LogP contribution >= 0.6 is 0 Å². The van der Waals surface area contributed by atoms with E-state index in [0.29, 0.717) is 12.5 Å². The van der Waals surface area contributed by atoms with Crippen molar-refractivity contribution in [3.8, 4) is 0 Å². The summed E-state index contributed by atoms with van der Waals surface area (Å²) in [4.78, 5) is 22.4. The van der Waals surface area contributed by atoms with Crippen LogP contribution in [0.5, 0.6) is 0 Å². The molecule has 0 aromatic heterocycles. The molecule has 0 bridgehead atoms. The standard InChI is InChI=1S/C14H27NO4/c1-9(2)8-10(3)19-7-6-13(16)15-12(5)11(4)14(17)18/h9-12H,6-8H2,1-5H3,(H,15,16)(H,17,18). The molecule has 0 fully saturated rings. The third-order valence-electron chi connectivity index (χ3n) is 3.06. The molecular weight excluding hydrogens is 246 g/mol. The molecule has 0 heterocycles. The smallest absolute Gasteiger partial charge is 0.308 e. The van der Waals surface area contributed by atoms with Gasteiger partial charge in [-0.25, -0.2) is 0 Å². The zero-order chi connectivity index (χ0) is 15.0. The molecule has 3 unspecified atom stereocenters. The Morgan fingerprint density at radius 2 is 1.74 bits per heavy atom. The zero-order valence-electron chi connectivity index (χ0n) is 12.6. The molecule has 0 saturated carbocycles. The van der Waals surface area contributed by atoms with Crippen LogP contribution in [0.15, 0.2) is 0 Å². The van der Waals surface area contributed by atoms with Crippen molar-refractivity contribution in [2.45, 2.75) is 59.6 Å². The summed E-state index contributed by atoms with van der Waals surface area (Å²) < 4.78 is 5.54. The molecule has 2 N–H and O–H groups in total. The van der Waals surface area contributed by atoms with E-state index in [0.717, 1.165) is 6.42 Å². The van der Waals surface area contributed by atoms with Gasteiger partial charge in [0, 0.05) is 12.5 Å². The quantitative estimate of drug-likeness (QED) is 0.674. The molecule has 0 aliphatic rings. The number of aliphatic carboxylic acids is 1. The van der Waals surface area contributed by atoms with E-state index < -0.39 is 11.9 Å². The maximum Gasteiger partial charge on any atom is 0.308 e. The van der Waals surface area contributed by atoms with Crippen molar-refractivity contribution in [1.29, 1.82) is 0 Å². The first-order chi connectivity index (χ1) is 8.73. The van der Waals surface area contributed by atoms with Crippen molar-refractivity contribution in [2.24, 2.45) is 11.8 Å². The Morgan fingerprint density at radius 3 is 2.21 bits per heavy atom. The number of hydrogen-bond acceptors (Lipinski definition) is 3. The number of nitrogens with one attached hydrogen (secondary N) is 1. The highest BCUT2D eigenvalue weighted by Gasteiger charge is 2.20. The van der Waals surface area contributed by atoms with Crippen LogP contribution in [-0.4, -0.2) is 35.7 Å². The first kappa shape index (κ1) is 17.9. The minimum absolute atomic E-state index is 0.142. The monoisotopic (exact) mass is 273 g/mol. The largest absolute Gasteiger partial charge is 0.481 e. The van der Waals surface area contributed by atoms with Crippen molar-refractivity contribution in [3.05, 3.63) is 0 Å². The van der Waals surface area contributed by atoms with E-state index in [1.807, 2.05) is 6.92 Å². The van der Waals surface area contributed by atoms with Crippen LogP contribution in [0.3, 0.4) is 0 Å². The summed E-state index contributed by atoms with van der Waals surface area (Å²) in [6.07, 6.45) is 1.37. The van der Waals surface area contributed by atoms with Crippen LogP contribution < -0.4 is 5.32 Å². The lowest BCUT2D eigenvalue weighted by Crippen LogP contribution is -2.40. The number of ether oxygens (including phenoxy) is 1. The predicted octanol–water partition coefficient (Wildman–Crippen LogP) is 2.05. The van der Waals surface area contributed by atoms with Crippen molar-refractivity contribution in [3.63, 3.8) is 0 Å². The molecule has 112 valence electrons. The molecule has 0 aromatic rings. The average molecular weight is 273 g/mol. The summed E-state index contributed by atoms with van der Waals surface area (Å²) in [5.74, 6) is -1.10. The third-order valence-corrected chi connectivity index (χ3v) is 3.06. The number of carbonyl (C=O) groups is 2. The van der Waals surface area contributed by atoms with Gasteiger partial charge in [0.25, 0.3) is 0 Å². The zero-order valence-corrected chi connectivity index (χ0v) is 12.6. The molecule has 0 spiro atoms. The van der Waals surface area contributed by atoms with Crippen LogP contribution in [-0.2, 0) is 14.3 Å². The Labute approximate surface area is 115 Å². The number of hydrogen-bond donors (Lipinski definition) is 2. The average Bonchev–Trinajstić information content (AvgIpc) is 2.26. The van der Waals surface area contributed by atoms with E-state index in [1.165, 1.54) is 0 Å². The van der Waals surface area contributed by atoms with Gasteiger partial charge in [0.1, 0.15) is 0 Å². The van der Waals surface area contributed by atoms with Crippen LogP contribution in [0, 0.1) is 11.8 Å². The molecule has 1 amide bonds. The van der Waals surface area contributed by atoms with Crippen molar-refractivity contribution in [2.75, 3.05) is 6.61 Å². The van der Waals surface area contributed by atoms with E-state index in [9.17, 15) is 9.59 Å². The Morgan fingerprint density at radius 1 is 1.16 bits per heavy atom. The van der Waals surface area contributed by atoms with E-state index >= 15 is 0 Å². The molecule has 0 saturated heterocycles. The molecule has 19 heavy (non-hydrogen) atoms. The van der Waals surface area contributed by atoms with Gasteiger partial charge < -0.3 is 15.2 Å². The molecular formula is C14H27NO4. The van der Waals surface area contributed by atoms with E-state index in [-0.39, 0.29) is 24.5 Å². The van der Waals surface area contributed by atoms with Crippen molar-refractivity contribution < 1.29 is 19.4 Å². The van der Waals surface area contributed by atoms with Gasteiger partial charge in [0.15, 0.2) is 0 Å². The Bertz CT molecular complexity index is 291. The van der Waals surface area contributed by atoms with Gasteiger partial charge in [-0.05, 0) is 33.1 Å². The van der Waals surface area contributed by atoms with Crippen LogP contribution in [0.25, 0.3) is 0 Å². The number of carbonyl (C=O) groups excluding carboxylic acids is 1. The molecule has 5 heteroatoms. The lowest BCUT2D eigenvalue weighted by atomic mass is 10.0. The number of carboxylic acids is 1. The van der Waals surface area contributed by atoms with Gasteiger partial charge >= 0.3 is 5.97 Å². The maximum absolute atomic E-state index is 11.6. The first-order valence-corrected chi connectivity index (χ1v) is 6.87.